The lowest BCUT2D eigenvalue weighted by molar-refractivity contribution is -0.126. The second-order valence-electron chi connectivity index (χ2n) is 10.8. The number of aromatic nitrogens is 4. The van der Waals surface area contributed by atoms with Crippen molar-refractivity contribution in [2.24, 2.45) is 0 Å². The number of amides is 1. The van der Waals surface area contributed by atoms with Crippen LogP contribution in [0.3, 0.4) is 0 Å². The van der Waals surface area contributed by atoms with Crippen LogP contribution in [0.2, 0.25) is 5.02 Å². The topological polar surface area (TPSA) is 93.3 Å². The monoisotopic (exact) mass is 576 g/mol. The number of carbonyl (C=O) groups is 1. The van der Waals surface area contributed by atoms with Gasteiger partial charge >= 0.3 is 0 Å². The summed E-state index contributed by atoms with van der Waals surface area (Å²) in [6, 6.07) is 5.83. The number of nitrogens with zero attached hydrogens (tertiary/aromatic N) is 6. The zero-order valence-electron chi connectivity index (χ0n) is 23.4. The second kappa shape index (κ2) is 11.3. The first-order valence-electron chi connectivity index (χ1n) is 14.2. The van der Waals surface area contributed by atoms with E-state index in [-0.39, 0.29) is 22.5 Å². The van der Waals surface area contributed by atoms with E-state index in [0.717, 1.165) is 48.9 Å². The molecule has 0 atom stereocenters. The molecule has 0 bridgehead atoms. The first-order chi connectivity index (χ1) is 19.9. The number of piperazine rings is 1. The highest BCUT2D eigenvalue weighted by Gasteiger charge is 2.27. The molecule has 6 rings (SSSR count). The van der Waals surface area contributed by atoms with Crippen LogP contribution >= 0.6 is 11.6 Å². The van der Waals surface area contributed by atoms with Crippen molar-refractivity contribution in [3.05, 3.63) is 53.5 Å². The minimum Gasteiger partial charge on any atom is -0.352 e. The lowest BCUT2D eigenvalue weighted by Gasteiger charge is -2.36. The first-order valence-corrected chi connectivity index (χ1v) is 14.5. The molecule has 0 radical (unpaired) electrons. The molecule has 9 nitrogen and oxygen atoms in total. The van der Waals surface area contributed by atoms with Gasteiger partial charge in [0.25, 0.3) is 0 Å². The molecule has 2 aliphatic rings. The summed E-state index contributed by atoms with van der Waals surface area (Å²) < 4.78 is 16.7. The maximum Gasteiger partial charge on any atom is 0.246 e. The quantitative estimate of drug-likeness (QED) is 0.312. The number of halogens is 2. The Balaban J connectivity index is 1.46. The summed E-state index contributed by atoms with van der Waals surface area (Å²) in [6.45, 7) is 12.9. The van der Waals surface area contributed by atoms with E-state index in [2.05, 4.69) is 38.8 Å². The number of piperidine rings is 1. The molecule has 4 aromatic rings. The fraction of sp³-hybridized carbons (Fsp3) is 0.400. The Bertz CT molecular complexity index is 1620. The standard InChI is InChI=1S/C30H34ClFN8O/c1-4-24(41)39-12-14-40(15-13-39)29-20-16-22(31)26(25-18(3)6-7-23-21(25)17-33-37-23)27(32)28(20)35-30(36-29)34-19-8-10-38(5-2)11-9-19/h4,6-7,16-17,19H,1,5,8-15H2,2-3H3,(H,33,37)(H,34,35,36). The molecule has 214 valence electrons. The van der Waals surface area contributed by atoms with Crippen LogP contribution in [0.15, 0.2) is 37.1 Å². The third kappa shape index (κ3) is 5.10. The van der Waals surface area contributed by atoms with Crippen LogP contribution in [0.4, 0.5) is 16.2 Å². The Morgan fingerprint density at radius 1 is 1.15 bits per heavy atom. The molecule has 2 N–H and O–H groups in total. The number of benzene rings is 2. The summed E-state index contributed by atoms with van der Waals surface area (Å²) in [5.41, 5.74) is 2.90. The maximum atomic E-state index is 16.7. The van der Waals surface area contributed by atoms with Crippen LogP contribution in [-0.2, 0) is 4.79 Å². The van der Waals surface area contributed by atoms with E-state index in [1.165, 1.54) is 6.08 Å². The number of hydrogen-bond donors (Lipinski definition) is 2. The van der Waals surface area contributed by atoms with Crippen molar-refractivity contribution < 1.29 is 9.18 Å². The Labute approximate surface area is 243 Å². The van der Waals surface area contributed by atoms with Crippen LogP contribution in [0, 0.1) is 12.7 Å². The number of aromatic amines is 1. The summed E-state index contributed by atoms with van der Waals surface area (Å²) in [6.07, 6.45) is 4.95. The number of carbonyl (C=O) groups excluding carboxylic acids is 1. The molecule has 0 saturated carbocycles. The van der Waals surface area contributed by atoms with Gasteiger partial charge in [0, 0.05) is 67.2 Å². The van der Waals surface area contributed by atoms with Gasteiger partial charge in [-0.15, -0.1) is 0 Å². The van der Waals surface area contributed by atoms with E-state index in [4.69, 9.17) is 21.6 Å². The fourth-order valence-corrected chi connectivity index (χ4v) is 6.30. The van der Waals surface area contributed by atoms with Crippen LogP contribution < -0.4 is 10.2 Å². The molecule has 2 aromatic heterocycles. The fourth-order valence-electron chi connectivity index (χ4n) is 6.02. The molecule has 0 spiro atoms. The van der Waals surface area contributed by atoms with E-state index in [0.29, 0.717) is 54.5 Å². The van der Waals surface area contributed by atoms with Crippen molar-refractivity contribution >= 4 is 51.1 Å². The molecule has 1 amide bonds. The Morgan fingerprint density at radius 3 is 2.61 bits per heavy atom. The average Bonchev–Trinajstić information content (AvgIpc) is 3.47. The number of anilines is 2. The Morgan fingerprint density at radius 2 is 1.90 bits per heavy atom. The minimum atomic E-state index is -0.489. The zero-order valence-corrected chi connectivity index (χ0v) is 24.1. The molecule has 2 aromatic carbocycles. The van der Waals surface area contributed by atoms with Crippen molar-refractivity contribution in [3.63, 3.8) is 0 Å². The Kier molecular flexibility index (Phi) is 7.52. The predicted molar refractivity (Wildman–Crippen MR) is 162 cm³/mol. The molecular weight excluding hydrogens is 543 g/mol. The molecule has 2 fully saturated rings. The van der Waals surface area contributed by atoms with Crippen molar-refractivity contribution in [2.45, 2.75) is 32.7 Å². The highest BCUT2D eigenvalue weighted by atomic mass is 35.5. The van der Waals surface area contributed by atoms with Crippen molar-refractivity contribution in [1.82, 2.24) is 30.0 Å². The van der Waals surface area contributed by atoms with E-state index in [1.54, 1.807) is 17.2 Å². The highest BCUT2D eigenvalue weighted by molar-refractivity contribution is 6.35. The van der Waals surface area contributed by atoms with Gasteiger partial charge in [0.2, 0.25) is 11.9 Å². The molecule has 4 heterocycles. The second-order valence-corrected chi connectivity index (χ2v) is 11.2. The summed E-state index contributed by atoms with van der Waals surface area (Å²) in [7, 11) is 0. The lowest BCUT2D eigenvalue weighted by atomic mass is 9.95. The first kappa shape index (κ1) is 27.4. The summed E-state index contributed by atoms with van der Waals surface area (Å²) >= 11 is 6.87. The molecule has 2 aliphatic heterocycles. The predicted octanol–water partition coefficient (Wildman–Crippen LogP) is 5.00. The van der Waals surface area contributed by atoms with Crippen LogP contribution in [0.25, 0.3) is 32.9 Å². The van der Waals surface area contributed by atoms with E-state index < -0.39 is 5.82 Å². The number of aryl methyl sites for hydroxylation is 1. The van der Waals surface area contributed by atoms with Gasteiger partial charge in [0.05, 0.1) is 16.7 Å². The SMILES string of the molecule is C=CC(=O)N1CCN(c2nc(NC3CCN(CC)CC3)nc3c(F)c(-c4c(C)ccc5[nH]ncc45)c(Cl)cc23)CC1. The number of fused-ring (bicyclic) bond motifs is 2. The van der Waals surface area contributed by atoms with E-state index in [1.807, 2.05) is 19.1 Å². The van der Waals surface area contributed by atoms with Crippen LogP contribution in [-0.4, -0.2) is 87.7 Å². The van der Waals surface area contributed by atoms with Gasteiger partial charge in [0.1, 0.15) is 11.3 Å². The Hall–Kier alpha value is -3.76. The molecule has 2 saturated heterocycles. The summed E-state index contributed by atoms with van der Waals surface area (Å²) in [5.74, 6) is 0.426. The molecular formula is C30H34ClFN8O. The molecule has 0 unspecified atom stereocenters. The van der Waals surface area contributed by atoms with Gasteiger partial charge in [-0.25, -0.2) is 9.37 Å². The molecule has 11 heteroatoms. The van der Waals surface area contributed by atoms with Crippen LogP contribution in [0.5, 0.6) is 0 Å². The van der Waals surface area contributed by atoms with Crippen molar-refractivity contribution in [2.75, 3.05) is 56.0 Å². The van der Waals surface area contributed by atoms with Gasteiger partial charge in [-0.1, -0.05) is 31.2 Å². The van der Waals surface area contributed by atoms with Gasteiger partial charge in [-0.2, -0.15) is 10.1 Å². The lowest BCUT2D eigenvalue weighted by Crippen LogP contribution is -2.48. The van der Waals surface area contributed by atoms with Gasteiger partial charge in [-0.05, 0) is 50.1 Å². The smallest absolute Gasteiger partial charge is 0.246 e. The van der Waals surface area contributed by atoms with Crippen molar-refractivity contribution in [3.8, 4) is 11.1 Å². The van der Waals surface area contributed by atoms with Gasteiger partial charge in [0.15, 0.2) is 5.82 Å². The number of nitrogens with one attached hydrogen (secondary N) is 2. The molecule has 0 aliphatic carbocycles. The van der Waals surface area contributed by atoms with E-state index in [9.17, 15) is 4.79 Å². The van der Waals surface area contributed by atoms with Gasteiger partial charge < -0.3 is 20.0 Å². The largest absolute Gasteiger partial charge is 0.352 e. The number of rotatable bonds is 6. The highest BCUT2D eigenvalue weighted by Crippen LogP contribution is 2.42. The van der Waals surface area contributed by atoms with Gasteiger partial charge in [-0.3, -0.25) is 9.89 Å². The zero-order chi connectivity index (χ0) is 28.7. The molecule has 41 heavy (non-hydrogen) atoms. The maximum absolute atomic E-state index is 16.7. The average molecular weight is 577 g/mol. The number of hydrogen-bond acceptors (Lipinski definition) is 7. The van der Waals surface area contributed by atoms with Crippen LogP contribution in [0.1, 0.15) is 25.3 Å². The summed E-state index contributed by atoms with van der Waals surface area (Å²) in [4.78, 5) is 28.1. The number of likely N-dealkylation sites (tertiary alicyclic amines) is 1. The van der Waals surface area contributed by atoms with Crippen molar-refractivity contribution in [1.29, 1.82) is 0 Å². The summed E-state index contributed by atoms with van der Waals surface area (Å²) in [5, 5.41) is 12.3. The third-order valence-corrected chi connectivity index (χ3v) is 8.68. The number of H-pyrrole nitrogens is 1. The van der Waals surface area contributed by atoms with E-state index >= 15 is 4.39 Å². The minimum absolute atomic E-state index is 0.0968. The third-order valence-electron chi connectivity index (χ3n) is 8.38. The normalized spacial score (nSPS) is 17.0.